The predicted molar refractivity (Wildman–Crippen MR) is 197 cm³/mol. The van der Waals surface area contributed by atoms with Gasteiger partial charge in [0.1, 0.15) is 5.78 Å². The zero-order valence-corrected chi connectivity index (χ0v) is 51.5. The Hall–Kier alpha value is 4.83. The maximum atomic E-state index is 11.7. The van der Waals surface area contributed by atoms with Gasteiger partial charge >= 0.3 is 0 Å². The van der Waals surface area contributed by atoms with Crippen molar-refractivity contribution in [2.75, 3.05) is 0 Å². The molecule has 0 bridgehead atoms. The van der Waals surface area contributed by atoms with Crippen LogP contribution in [-0.2, 0) is 201 Å². The first-order valence-corrected chi connectivity index (χ1v) is 19.5. The van der Waals surface area contributed by atoms with E-state index in [0.717, 1.165) is 48.2 Å². The van der Waals surface area contributed by atoms with Gasteiger partial charge in [0.05, 0.1) is 24.4 Å². The molecule has 4 N–H and O–H groups in total. The third-order valence-corrected chi connectivity index (χ3v) is 13.8. The number of allylic oxidation sites excluding steroid dienone is 4. The van der Waals surface area contributed by atoms with Crippen molar-refractivity contribution in [1.82, 2.24) is 0 Å². The fourth-order valence-electron chi connectivity index (χ4n) is 10.7. The zero-order chi connectivity index (χ0) is 35.2. The number of hydrogen-bond donors (Lipinski definition) is 4. The van der Waals surface area contributed by atoms with Gasteiger partial charge in [0.2, 0.25) is 0 Å². The van der Waals surface area contributed by atoms with Crippen LogP contribution in [0.1, 0.15) is 144 Å². The van der Waals surface area contributed by atoms with E-state index in [2.05, 4.69) is 66.0 Å². The Morgan fingerprint density at radius 2 is 1.02 bits per heavy atom. The van der Waals surface area contributed by atoms with Gasteiger partial charge in [-0.1, -0.05) is 95.6 Å². The molecule has 0 aromatic carbocycles. The van der Waals surface area contributed by atoms with Gasteiger partial charge in [0, 0.05) is 209 Å². The summed E-state index contributed by atoms with van der Waals surface area (Å²) in [6, 6.07) is 0. The molecule has 11 heteroatoms. The molecule has 0 saturated heterocycles. The topological polar surface area (TPSA) is 98.0 Å². The number of hydrogen-bond acceptors (Lipinski definition) is 5. The first kappa shape index (κ1) is 63.1. The molecule has 6 aliphatic rings. The van der Waals surface area contributed by atoms with Crippen LogP contribution < -0.4 is 0 Å². The van der Waals surface area contributed by atoms with Crippen LogP contribution in [0, 0.1) is 34.5 Å². The third-order valence-electron chi connectivity index (χ3n) is 13.8. The molecule has 0 aromatic rings. The van der Waals surface area contributed by atoms with Crippen LogP contribution in [0.15, 0.2) is 59.3 Å². The van der Waals surface area contributed by atoms with Crippen molar-refractivity contribution >= 4 is 5.78 Å². The second-order valence-electron chi connectivity index (χ2n) is 16.5. The molecule has 0 amide bonds. The molecule has 2 unspecified atom stereocenters. The van der Waals surface area contributed by atoms with E-state index >= 15 is 0 Å². The molecule has 10 atom stereocenters. The van der Waals surface area contributed by atoms with Gasteiger partial charge in [-0.05, 0) is 130 Å². The first-order chi connectivity index (χ1) is 22.8. The van der Waals surface area contributed by atoms with E-state index < -0.39 is 24.4 Å². The molecule has 5 nitrogen and oxygen atoms in total. The summed E-state index contributed by atoms with van der Waals surface area (Å²) in [5.74, 6) is 3.43. The van der Waals surface area contributed by atoms with Crippen molar-refractivity contribution in [3.8, 4) is 0 Å². The van der Waals surface area contributed by atoms with Gasteiger partial charge < -0.3 is 20.4 Å². The van der Waals surface area contributed by atoms with Crippen LogP contribution in [0.25, 0.3) is 0 Å². The van der Waals surface area contributed by atoms with Crippen molar-refractivity contribution in [2.24, 2.45) is 34.5 Å². The van der Waals surface area contributed by atoms with Gasteiger partial charge in [-0.15, -0.1) is 0 Å². The Kier molecular flexibility index (Phi) is 35.1. The van der Waals surface area contributed by atoms with Crippen molar-refractivity contribution in [3.05, 3.63) is 59.3 Å². The molecule has 6 rings (SSSR count). The average Bonchev–Trinajstić information content (AvgIpc) is 3.58. The number of carbonyl (C=O) groups excluding carboxylic acids is 1. The normalized spacial score (nSPS) is 35.9. The molecule has 288 valence electrons. The average molecular weight is 1200 g/mol. The Morgan fingerprint density at radius 1 is 0.611 bits per heavy atom. The van der Waals surface area contributed by atoms with Gasteiger partial charge in [-0.2, -0.15) is 0 Å². The Balaban J connectivity index is -0.000000731. The minimum Gasteiger partial charge on any atom is -0.388 e. The van der Waals surface area contributed by atoms with Crippen LogP contribution in [0.3, 0.4) is 0 Å². The van der Waals surface area contributed by atoms with E-state index in [9.17, 15) is 25.2 Å². The minimum atomic E-state index is -0.587. The standard InChI is InChI=1S/C21H32O2.C12H20O.C10H16O2.6Y/c1-4-17-9-10-18-16(6-5-11-21(17,18)3)8-7-15-12-19(22)14(2)20(23)13-15;1-3-9-6-7-10-11(13)5-4-8-12(9,10)2;1-3-4-8-5-9(11)7(2)10(12)6-8;;;;;;/h7-8,17-20,22-23H,2,4-6,9-13H2,1,3H3;9-10H,3-8H2,1-2H3;4,9-12H,2-3,5-6H2,1H3;;;;;;/b16-8+;;;;;;;;/t17?,18-,19+,20+,21+;9?,10-,12+;9-,10-;;;;;;/m001....../s1. The number of aliphatic hydroxyl groups is 4. The number of fused-ring (bicyclic) bond motifs is 2. The molecule has 0 spiro atoms. The summed E-state index contributed by atoms with van der Waals surface area (Å²) in [6.07, 6.45) is 22.7. The summed E-state index contributed by atoms with van der Waals surface area (Å²) in [5.41, 5.74) is 5.91. The monoisotopic (exact) mass is 1200 g/mol. The number of ketones is 1. The number of carbonyl (C=O) groups is 1. The van der Waals surface area contributed by atoms with Crippen LogP contribution in [0.2, 0.25) is 0 Å². The Bertz CT molecular complexity index is 1240. The van der Waals surface area contributed by atoms with E-state index in [1.165, 1.54) is 64.2 Å². The maximum Gasteiger partial charge on any atom is 0.136 e. The summed E-state index contributed by atoms with van der Waals surface area (Å²) in [7, 11) is 0. The van der Waals surface area contributed by atoms with Crippen molar-refractivity contribution in [3.63, 3.8) is 0 Å². The summed E-state index contributed by atoms with van der Waals surface area (Å²) in [5, 5.41) is 38.9. The largest absolute Gasteiger partial charge is 0.388 e. The minimum absolute atomic E-state index is 0. The van der Waals surface area contributed by atoms with Crippen molar-refractivity contribution in [1.29, 1.82) is 0 Å². The van der Waals surface area contributed by atoms with Gasteiger partial charge in [0.15, 0.2) is 0 Å². The summed E-state index contributed by atoms with van der Waals surface area (Å²) >= 11 is 0. The molecule has 6 fully saturated rings. The van der Waals surface area contributed by atoms with Gasteiger partial charge in [0.25, 0.3) is 0 Å². The summed E-state index contributed by atoms with van der Waals surface area (Å²) in [4.78, 5) is 11.7. The smallest absolute Gasteiger partial charge is 0.136 e. The quantitative estimate of drug-likeness (QED) is 0.211. The molecular weight excluding hydrogens is 1130 g/mol. The summed E-state index contributed by atoms with van der Waals surface area (Å²) < 4.78 is 0. The van der Waals surface area contributed by atoms with E-state index in [4.69, 9.17) is 0 Å². The van der Waals surface area contributed by atoms with E-state index in [1.807, 2.05) is 0 Å². The number of aliphatic hydroxyl groups excluding tert-OH is 4. The van der Waals surface area contributed by atoms with Crippen LogP contribution in [0.5, 0.6) is 0 Å². The molecule has 0 aliphatic heterocycles. The fraction of sp³-hybridized carbons (Fsp3) is 0.744. The first-order valence-electron chi connectivity index (χ1n) is 19.5. The number of Topliss-reactive ketones (excluding diaryl/α,β-unsaturated/α-hetero) is 1. The second-order valence-corrected chi connectivity index (χ2v) is 16.5. The van der Waals surface area contributed by atoms with Crippen molar-refractivity contribution in [2.45, 2.75) is 168 Å². The summed E-state index contributed by atoms with van der Waals surface area (Å²) in [6.45, 7) is 19.0. The molecule has 6 saturated carbocycles. The fourth-order valence-corrected chi connectivity index (χ4v) is 10.7. The molecule has 54 heavy (non-hydrogen) atoms. The van der Waals surface area contributed by atoms with Crippen LogP contribution >= 0.6 is 0 Å². The molecule has 0 heterocycles. The maximum absolute atomic E-state index is 11.7. The van der Waals surface area contributed by atoms with E-state index in [0.29, 0.717) is 59.4 Å². The SMILES string of the molecule is C=C1[C@H](O)CC(=C/C=C2\CCC[C@]3(C)C(CC)CC[C@@H]23)C[C@H]1O.C=C1[C@H](O)CC(=CCC)C[C@H]1O.CCC1CC[C@H]2C(=O)CCC[C@]12C.[Y].[Y].[Y].[Y].[Y].[Y]. The second kappa shape index (κ2) is 30.1. The van der Waals surface area contributed by atoms with Crippen LogP contribution in [0.4, 0.5) is 0 Å². The van der Waals surface area contributed by atoms with E-state index in [1.54, 1.807) is 5.57 Å². The predicted octanol–water partition coefficient (Wildman–Crippen LogP) is 9.10. The van der Waals surface area contributed by atoms with Crippen LogP contribution in [-0.4, -0.2) is 50.6 Å². The Labute approximate surface area is 480 Å². The van der Waals surface area contributed by atoms with E-state index in [-0.39, 0.29) is 196 Å². The molecule has 6 radical (unpaired) electrons. The van der Waals surface area contributed by atoms with Gasteiger partial charge in [-0.3, -0.25) is 4.79 Å². The molecule has 0 aromatic heterocycles. The zero-order valence-electron chi connectivity index (χ0n) is 34.4. The number of rotatable bonds is 4. The Morgan fingerprint density at radius 3 is 1.46 bits per heavy atom. The third kappa shape index (κ3) is 16.1. The van der Waals surface area contributed by atoms with Gasteiger partial charge in [-0.25, -0.2) is 0 Å². The van der Waals surface area contributed by atoms with Crippen molar-refractivity contribution < 1.29 is 221 Å². The molecular formula is C43H68O5Y6. The molecule has 6 aliphatic carbocycles.